The number of fused-ring (bicyclic) bond motifs is 2. The van der Waals surface area contributed by atoms with E-state index in [1.54, 1.807) is 91.0 Å². The molecule has 0 radical (unpaired) electrons. The highest BCUT2D eigenvalue weighted by Crippen LogP contribution is 2.46. The smallest absolute Gasteiger partial charge is 0.367 e. The van der Waals surface area contributed by atoms with Gasteiger partial charge in [0.1, 0.15) is 11.5 Å². The van der Waals surface area contributed by atoms with Gasteiger partial charge in [-0.1, -0.05) is 85.0 Å². The third-order valence-corrected chi connectivity index (χ3v) is 10.4. The van der Waals surface area contributed by atoms with Crippen molar-refractivity contribution >= 4 is 16.9 Å². The zero-order valence-corrected chi connectivity index (χ0v) is 33.4. The van der Waals surface area contributed by atoms with Crippen LogP contribution in [0, 0.1) is 68.4 Å². The minimum Gasteiger partial charge on any atom is -0.456 e. The quantitative estimate of drug-likeness (QED) is 0.0529. The number of hydrogen-bond donors (Lipinski definition) is 0. The number of hydrogen-bond acceptors (Lipinski definition) is 5. The lowest BCUT2D eigenvalue weighted by Crippen LogP contribution is -2.68. The first-order valence-electron chi connectivity index (χ1n) is 19.1. The number of rotatable bonds is 7. The lowest BCUT2D eigenvalue weighted by molar-refractivity contribution is -2.00. The molecule has 64 heavy (non-hydrogen) atoms. The molecule has 0 saturated heterocycles. The van der Waals surface area contributed by atoms with Crippen molar-refractivity contribution in [3.8, 4) is 22.5 Å². The van der Waals surface area contributed by atoms with Gasteiger partial charge in [0.15, 0.2) is 52.1 Å². The lowest BCUT2D eigenvalue weighted by Gasteiger charge is -2.29. The number of halogens is 11. The van der Waals surface area contributed by atoms with E-state index in [-0.39, 0.29) is 11.5 Å². The fourth-order valence-corrected chi connectivity index (χ4v) is 7.60. The Morgan fingerprint density at radius 2 is 1.08 bits per heavy atom. The van der Waals surface area contributed by atoms with Crippen LogP contribution in [0.25, 0.3) is 39.4 Å². The van der Waals surface area contributed by atoms with Crippen LogP contribution in [0.5, 0.6) is 0 Å². The minimum atomic E-state index is -4.94. The van der Waals surface area contributed by atoms with E-state index in [1.807, 2.05) is 0 Å². The highest BCUT2D eigenvalue weighted by Gasteiger charge is 2.38. The molecule has 1 aliphatic heterocycles. The largest absolute Gasteiger partial charge is 0.456 e. The zero-order valence-electron chi connectivity index (χ0n) is 32.7. The third-order valence-electron chi connectivity index (χ3n) is 10.4. The van der Waals surface area contributed by atoms with Crippen LogP contribution in [-0.4, -0.2) is 0 Å². The summed E-state index contributed by atoms with van der Waals surface area (Å²) in [5.41, 5.74) is 2.41. The van der Waals surface area contributed by atoms with E-state index in [2.05, 4.69) is 0 Å². The third kappa shape index (κ3) is 9.32. The van der Waals surface area contributed by atoms with Crippen molar-refractivity contribution in [1.82, 2.24) is 0 Å². The van der Waals surface area contributed by atoms with E-state index in [4.69, 9.17) is 27.8 Å². The summed E-state index contributed by atoms with van der Waals surface area (Å²) in [6, 6.07) is 18.8. The van der Waals surface area contributed by atoms with Crippen LogP contribution in [-0.2, 0) is 11.2 Å². The molecule has 2 heterocycles. The van der Waals surface area contributed by atoms with E-state index in [1.165, 1.54) is 12.1 Å². The minimum absolute atomic E-state index is 0.216. The first-order chi connectivity index (χ1) is 30.5. The van der Waals surface area contributed by atoms with Gasteiger partial charge in [-0.15, -0.1) is 10.2 Å². The first-order valence-corrected chi connectivity index (χ1v) is 20.4. The molecule has 0 saturated carbocycles. The Hall–Kier alpha value is -6.30. The summed E-state index contributed by atoms with van der Waals surface area (Å²) in [4.78, 5) is 0. The Balaban J connectivity index is 0.00000116. The van der Waals surface area contributed by atoms with Gasteiger partial charge in [-0.2, -0.15) is 0 Å². The topological polar surface area (TPSA) is 113 Å². The maximum atomic E-state index is 15.1. The molecule has 3 aliphatic rings. The van der Waals surface area contributed by atoms with Crippen molar-refractivity contribution in [1.29, 1.82) is 0 Å². The van der Waals surface area contributed by atoms with Crippen LogP contribution in [0.3, 0.4) is 0 Å². The van der Waals surface area contributed by atoms with Crippen LogP contribution in [0.2, 0.25) is 0 Å². The summed E-state index contributed by atoms with van der Waals surface area (Å²) >= 11 is 0. The molecule has 2 aliphatic carbocycles. The molecule has 6 nitrogen and oxygen atoms in total. The van der Waals surface area contributed by atoms with Gasteiger partial charge >= 0.3 is 11.5 Å². The average molecular weight is 915 g/mol. The maximum absolute atomic E-state index is 15.1. The van der Waals surface area contributed by atoms with Gasteiger partial charge in [-0.25, -0.2) is 67.0 Å². The van der Waals surface area contributed by atoms with Crippen LogP contribution in [0.1, 0.15) is 54.6 Å². The number of benzene rings is 4. The second kappa shape index (κ2) is 18.8. The predicted molar refractivity (Wildman–Crippen MR) is 203 cm³/mol. The van der Waals surface area contributed by atoms with E-state index in [0.717, 1.165) is 0 Å². The standard InChI is InChI=1S/C47H29F10O2.ClHO4/c48-36-34(37(49)41(53)44(56)40(36)52)32-22-30(24-12-4-1-5-13-24)28-20-10-18-26(46(28)58-32)16-8-3-9-17-27-19-11-21-29-31(25-14-6-2-7-15-25)23-33(59-47(27)29)35-38(50)42(54)45(57)43(55)39(35)51;2-1(3,4)5/h1-9,12-17,22-23H,10-11,18-21H2;(H,2,3,4,5)/q+1;/p-1. The van der Waals surface area contributed by atoms with Crippen LogP contribution in [0.4, 0.5) is 43.9 Å². The fourth-order valence-electron chi connectivity index (χ4n) is 7.60. The molecule has 1 aromatic heterocycles. The Morgan fingerprint density at radius 1 is 0.562 bits per heavy atom. The van der Waals surface area contributed by atoms with Crippen molar-refractivity contribution in [3.05, 3.63) is 201 Å². The maximum Gasteiger partial charge on any atom is 0.367 e. The highest BCUT2D eigenvalue weighted by molar-refractivity contribution is 5.89. The van der Waals surface area contributed by atoms with Crippen LogP contribution < -0.4 is 18.6 Å². The molecule has 0 amide bonds. The van der Waals surface area contributed by atoms with Crippen molar-refractivity contribution in [2.24, 2.45) is 0 Å². The molecule has 0 atom stereocenters. The lowest BCUT2D eigenvalue weighted by atomic mass is 9.85. The Bertz CT molecular complexity index is 2790. The van der Waals surface area contributed by atoms with E-state index in [9.17, 15) is 26.3 Å². The highest BCUT2D eigenvalue weighted by atomic mass is 35.7. The van der Waals surface area contributed by atoms with Gasteiger partial charge in [0.2, 0.25) is 11.6 Å². The Morgan fingerprint density at radius 3 is 1.66 bits per heavy atom. The molecule has 4 aromatic carbocycles. The molecule has 0 unspecified atom stereocenters. The second-order valence-electron chi connectivity index (χ2n) is 14.3. The van der Waals surface area contributed by atoms with Crippen molar-refractivity contribution in [2.75, 3.05) is 0 Å². The zero-order chi connectivity index (χ0) is 46.0. The monoisotopic (exact) mass is 914 g/mol. The van der Waals surface area contributed by atoms with Crippen molar-refractivity contribution < 1.29 is 81.9 Å². The molecule has 0 fully saturated rings. The van der Waals surface area contributed by atoms with Gasteiger partial charge < -0.3 is 4.74 Å². The van der Waals surface area contributed by atoms with Gasteiger partial charge in [-0.3, -0.25) is 0 Å². The van der Waals surface area contributed by atoms with Crippen molar-refractivity contribution in [2.45, 2.75) is 38.5 Å². The van der Waals surface area contributed by atoms with Gasteiger partial charge in [0.25, 0.3) is 0 Å². The molecule has 5 aromatic rings. The Labute approximate surface area is 359 Å². The van der Waals surface area contributed by atoms with Crippen LogP contribution in [0.15, 0.2) is 125 Å². The first kappa shape index (κ1) is 45.7. The SMILES string of the molecule is Fc1c(F)c(F)c(C2=CC(c3ccccc3)=C3CCCC(\C=C/C=C/C=C4/CCCc5c(-c6ccccc6)cc(-c6c(F)c(F)c(F)c(F)c6F)[o+]c54)=C3O2)c(F)c1F.[O-][Cl+3]([O-])([O-])[O-]. The van der Waals surface area contributed by atoms with E-state index < -0.39 is 91.1 Å². The summed E-state index contributed by atoms with van der Waals surface area (Å²) < 4.78 is 192. The predicted octanol–water partition coefficient (Wildman–Crippen LogP) is 9.32. The fraction of sp³-hybridized carbons (Fsp3) is 0.128. The molecule has 0 bridgehead atoms. The average Bonchev–Trinajstić information content (AvgIpc) is 3.28. The number of allylic oxidation sites excluding steroid dienone is 10. The summed E-state index contributed by atoms with van der Waals surface area (Å²) in [6.45, 7) is 0. The molecular formula is C47H29ClF10O6. The second-order valence-corrected chi connectivity index (χ2v) is 15.1. The Kier molecular flexibility index (Phi) is 13.4. The molecule has 8 rings (SSSR count). The van der Waals surface area contributed by atoms with Gasteiger partial charge in [0.05, 0.1) is 22.8 Å². The number of ether oxygens (including phenoxy) is 1. The molecular weight excluding hydrogens is 886 g/mol. The molecule has 330 valence electrons. The normalized spacial score (nSPS) is 15.9. The summed E-state index contributed by atoms with van der Waals surface area (Å²) in [5, 5.41) is 0. The van der Waals surface area contributed by atoms with Gasteiger partial charge in [0, 0.05) is 11.1 Å². The van der Waals surface area contributed by atoms with Crippen LogP contribution >= 0.6 is 0 Å². The molecule has 0 N–H and O–H groups in total. The summed E-state index contributed by atoms with van der Waals surface area (Å²) in [7, 11) is -4.94. The van der Waals surface area contributed by atoms with Gasteiger partial charge in [-0.05, 0) is 73.0 Å². The summed E-state index contributed by atoms with van der Waals surface area (Å²) in [6.07, 6.45) is 12.9. The molecule has 0 spiro atoms. The van der Waals surface area contributed by atoms with E-state index >= 15 is 17.6 Å². The van der Waals surface area contributed by atoms with E-state index in [0.29, 0.717) is 83.1 Å². The van der Waals surface area contributed by atoms with Crippen molar-refractivity contribution in [3.63, 3.8) is 0 Å². The molecule has 17 heteroatoms. The summed E-state index contributed by atoms with van der Waals surface area (Å²) in [5.74, 6) is -21.8.